The van der Waals surface area contributed by atoms with Gasteiger partial charge in [-0.05, 0) is 18.6 Å². The molecular formula is C14H18N2O3. The van der Waals surface area contributed by atoms with Crippen LogP contribution in [0.1, 0.15) is 16.9 Å². The number of nitrogens with zero attached hydrogens (tertiary/aromatic N) is 2. The Morgan fingerprint density at radius 3 is 3.21 bits per heavy atom. The van der Waals surface area contributed by atoms with E-state index in [1.54, 1.807) is 29.3 Å². The van der Waals surface area contributed by atoms with Crippen molar-refractivity contribution in [1.82, 2.24) is 9.88 Å². The Hall–Kier alpha value is -1.88. The van der Waals surface area contributed by atoms with Gasteiger partial charge in [0.15, 0.2) is 11.4 Å². The Balaban J connectivity index is 2.12. The molecule has 2 heterocycles. The van der Waals surface area contributed by atoms with Crippen molar-refractivity contribution in [3.05, 3.63) is 36.7 Å². The van der Waals surface area contributed by atoms with Crippen LogP contribution in [0.4, 0.5) is 0 Å². The Kier molecular flexibility index (Phi) is 4.52. The SMILES string of the molecule is C=CCOc1cccnc1C(=O)N1CCC(CO)C1. The molecule has 1 aromatic rings. The second kappa shape index (κ2) is 6.33. The molecule has 1 atom stereocenters. The van der Waals surface area contributed by atoms with Crippen LogP contribution in [0.5, 0.6) is 5.75 Å². The van der Waals surface area contributed by atoms with E-state index in [2.05, 4.69) is 11.6 Å². The van der Waals surface area contributed by atoms with E-state index in [1.165, 1.54) is 0 Å². The molecule has 1 aliphatic heterocycles. The van der Waals surface area contributed by atoms with Crippen LogP contribution in [-0.4, -0.2) is 47.2 Å². The monoisotopic (exact) mass is 262 g/mol. The van der Waals surface area contributed by atoms with E-state index < -0.39 is 0 Å². The molecule has 1 saturated heterocycles. The average molecular weight is 262 g/mol. The van der Waals surface area contributed by atoms with Crippen molar-refractivity contribution in [2.75, 3.05) is 26.3 Å². The van der Waals surface area contributed by atoms with Crippen molar-refractivity contribution < 1.29 is 14.6 Å². The second-order valence-corrected chi connectivity index (χ2v) is 4.54. The van der Waals surface area contributed by atoms with Crippen LogP contribution in [0.3, 0.4) is 0 Å². The van der Waals surface area contributed by atoms with Crippen molar-refractivity contribution in [1.29, 1.82) is 0 Å². The van der Waals surface area contributed by atoms with Crippen molar-refractivity contribution in [2.24, 2.45) is 5.92 Å². The first kappa shape index (κ1) is 13.5. The summed E-state index contributed by atoms with van der Waals surface area (Å²) in [6.45, 7) is 5.27. The number of pyridine rings is 1. The van der Waals surface area contributed by atoms with Gasteiger partial charge in [0.1, 0.15) is 6.61 Å². The Bertz CT molecular complexity index is 462. The summed E-state index contributed by atoms with van der Waals surface area (Å²) >= 11 is 0. The van der Waals surface area contributed by atoms with E-state index in [9.17, 15) is 4.79 Å². The number of carbonyl (C=O) groups is 1. The van der Waals surface area contributed by atoms with Crippen LogP contribution in [0.25, 0.3) is 0 Å². The molecule has 5 nitrogen and oxygen atoms in total. The third-order valence-corrected chi connectivity index (χ3v) is 3.16. The first-order valence-corrected chi connectivity index (χ1v) is 6.35. The van der Waals surface area contributed by atoms with Gasteiger partial charge in [0.05, 0.1) is 0 Å². The number of ether oxygens (including phenoxy) is 1. The number of aliphatic hydroxyl groups excluding tert-OH is 1. The van der Waals surface area contributed by atoms with Crippen molar-refractivity contribution in [3.63, 3.8) is 0 Å². The molecule has 19 heavy (non-hydrogen) atoms. The molecule has 2 rings (SSSR count). The van der Waals surface area contributed by atoms with Gasteiger partial charge in [0, 0.05) is 31.8 Å². The van der Waals surface area contributed by atoms with E-state index >= 15 is 0 Å². The Labute approximate surface area is 112 Å². The summed E-state index contributed by atoms with van der Waals surface area (Å²) in [5.41, 5.74) is 0.322. The van der Waals surface area contributed by atoms with Crippen LogP contribution in [0.15, 0.2) is 31.0 Å². The molecule has 0 spiro atoms. The molecule has 0 aromatic carbocycles. The number of rotatable bonds is 5. The third-order valence-electron chi connectivity index (χ3n) is 3.16. The number of aromatic nitrogens is 1. The van der Waals surface area contributed by atoms with Gasteiger partial charge in [-0.25, -0.2) is 4.98 Å². The molecule has 1 amide bonds. The van der Waals surface area contributed by atoms with Gasteiger partial charge < -0.3 is 14.7 Å². The van der Waals surface area contributed by atoms with Gasteiger partial charge in [0.25, 0.3) is 5.91 Å². The average Bonchev–Trinajstić information content (AvgIpc) is 2.93. The van der Waals surface area contributed by atoms with E-state index in [0.717, 1.165) is 6.42 Å². The summed E-state index contributed by atoms with van der Waals surface area (Å²) < 4.78 is 5.44. The molecular weight excluding hydrogens is 244 g/mol. The number of aliphatic hydroxyl groups is 1. The zero-order valence-electron chi connectivity index (χ0n) is 10.8. The first-order chi connectivity index (χ1) is 9.26. The first-order valence-electron chi connectivity index (χ1n) is 6.35. The third kappa shape index (κ3) is 3.12. The number of hydrogen-bond donors (Lipinski definition) is 1. The minimum atomic E-state index is -0.143. The lowest BCUT2D eigenvalue weighted by atomic mass is 10.1. The van der Waals surface area contributed by atoms with E-state index in [-0.39, 0.29) is 18.4 Å². The highest BCUT2D eigenvalue weighted by molar-refractivity contribution is 5.95. The quantitative estimate of drug-likeness (QED) is 0.807. The molecule has 0 radical (unpaired) electrons. The lowest BCUT2D eigenvalue weighted by molar-refractivity contribution is 0.0771. The predicted octanol–water partition coefficient (Wildman–Crippen LogP) is 1.10. The maximum Gasteiger partial charge on any atom is 0.276 e. The topological polar surface area (TPSA) is 62.7 Å². The lowest BCUT2D eigenvalue weighted by Crippen LogP contribution is -2.30. The fourth-order valence-electron chi connectivity index (χ4n) is 2.13. The van der Waals surface area contributed by atoms with Crippen molar-refractivity contribution >= 4 is 5.91 Å². The zero-order chi connectivity index (χ0) is 13.7. The van der Waals surface area contributed by atoms with Crippen LogP contribution in [-0.2, 0) is 0 Å². The highest BCUT2D eigenvalue weighted by Gasteiger charge is 2.28. The second-order valence-electron chi connectivity index (χ2n) is 4.54. The van der Waals surface area contributed by atoms with Gasteiger partial charge in [-0.2, -0.15) is 0 Å². The molecule has 1 aliphatic rings. The summed E-state index contributed by atoms with van der Waals surface area (Å²) in [6, 6.07) is 3.46. The minimum absolute atomic E-state index is 0.117. The highest BCUT2D eigenvalue weighted by atomic mass is 16.5. The van der Waals surface area contributed by atoms with E-state index in [0.29, 0.717) is 31.1 Å². The summed E-state index contributed by atoms with van der Waals surface area (Å²) in [4.78, 5) is 18.2. The van der Waals surface area contributed by atoms with Gasteiger partial charge in [-0.15, -0.1) is 0 Å². The predicted molar refractivity (Wildman–Crippen MR) is 71.0 cm³/mol. The lowest BCUT2D eigenvalue weighted by Gasteiger charge is -2.17. The zero-order valence-corrected chi connectivity index (χ0v) is 10.8. The minimum Gasteiger partial charge on any atom is -0.487 e. The van der Waals surface area contributed by atoms with Crippen LogP contribution < -0.4 is 4.74 Å². The molecule has 1 fully saturated rings. The number of carbonyl (C=O) groups excluding carboxylic acids is 1. The standard InChI is InChI=1S/C14H18N2O3/c1-2-8-19-12-4-3-6-15-13(12)14(18)16-7-5-11(9-16)10-17/h2-4,6,11,17H,1,5,7-10H2. The molecule has 0 bridgehead atoms. The smallest absolute Gasteiger partial charge is 0.276 e. The van der Waals surface area contributed by atoms with Gasteiger partial charge in [-0.3, -0.25) is 4.79 Å². The molecule has 1 unspecified atom stereocenters. The number of likely N-dealkylation sites (tertiary alicyclic amines) is 1. The summed E-state index contributed by atoms with van der Waals surface area (Å²) in [7, 11) is 0. The van der Waals surface area contributed by atoms with Crippen LogP contribution in [0.2, 0.25) is 0 Å². The highest BCUT2D eigenvalue weighted by Crippen LogP contribution is 2.22. The van der Waals surface area contributed by atoms with Crippen LogP contribution >= 0.6 is 0 Å². The number of hydrogen-bond acceptors (Lipinski definition) is 4. The summed E-state index contributed by atoms with van der Waals surface area (Å²) in [5, 5.41) is 9.12. The fourth-order valence-corrected chi connectivity index (χ4v) is 2.13. The molecule has 102 valence electrons. The van der Waals surface area contributed by atoms with Gasteiger partial charge in [-0.1, -0.05) is 12.7 Å². The van der Waals surface area contributed by atoms with Gasteiger partial charge >= 0.3 is 0 Å². The maximum atomic E-state index is 12.4. The molecule has 0 aliphatic carbocycles. The van der Waals surface area contributed by atoms with E-state index in [1.807, 2.05) is 0 Å². The normalized spacial score (nSPS) is 18.4. The van der Waals surface area contributed by atoms with E-state index in [4.69, 9.17) is 9.84 Å². The molecule has 5 heteroatoms. The van der Waals surface area contributed by atoms with Gasteiger partial charge in [0.2, 0.25) is 0 Å². The van der Waals surface area contributed by atoms with Crippen LogP contribution in [0, 0.1) is 5.92 Å². The van der Waals surface area contributed by atoms with Crippen molar-refractivity contribution in [2.45, 2.75) is 6.42 Å². The Morgan fingerprint density at radius 2 is 2.53 bits per heavy atom. The van der Waals surface area contributed by atoms with Crippen molar-refractivity contribution in [3.8, 4) is 5.75 Å². The fraction of sp³-hybridized carbons (Fsp3) is 0.429. The number of amides is 1. The summed E-state index contributed by atoms with van der Waals surface area (Å²) in [5.74, 6) is 0.501. The maximum absolute atomic E-state index is 12.4. The largest absolute Gasteiger partial charge is 0.487 e. The molecule has 1 N–H and O–H groups in total. The summed E-state index contributed by atoms with van der Waals surface area (Å²) in [6.07, 6.45) is 4.03. The molecule has 1 aromatic heterocycles. The Morgan fingerprint density at radius 1 is 1.68 bits per heavy atom. The molecule has 0 saturated carbocycles.